The number of hydrogen-bond acceptors (Lipinski definition) is 6. The Morgan fingerprint density at radius 1 is 1.24 bits per heavy atom. The van der Waals surface area contributed by atoms with Crippen LogP contribution in [0.4, 0.5) is 0 Å². The van der Waals surface area contributed by atoms with Crippen LogP contribution in [0.5, 0.6) is 5.75 Å². The van der Waals surface area contributed by atoms with Crippen molar-refractivity contribution < 1.29 is 24.3 Å². The Bertz CT molecular complexity index is 973. The predicted molar refractivity (Wildman–Crippen MR) is 128 cm³/mol. The molecular formula is C27H34N2O5. The summed E-state index contributed by atoms with van der Waals surface area (Å²) < 4.78 is 11.4. The highest BCUT2D eigenvalue weighted by Crippen LogP contribution is 2.31. The molecule has 4 rings (SSSR count). The van der Waals surface area contributed by atoms with Gasteiger partial charge in [0.05, 0.1) is 0 Å². The molecule has 0 spiro atoms. The van der Waals surface area contributed by atoms with Crippen molar-refractivity contribution in [2.45, 2.75) is 51.6 Å². The van der Waals surface area contributed by atoms with Crippen LogP contribution in [0.3, 0.4) is 0 Å². The number of aryl methyl sites for hydroxylation is 1. The van der Waals surface area contributed by atoms with Crippen LogP contribution in [-0.2, 0) is 20.7 Å². The molecule has 1 aromatic carbocycles. The SMILES string of the molecule is CC1=CCC2OC(=O)C(CC(CCc3ccc(OCCN4CCCC4)cc3)C(=O)NO)=CC2=C1. The number of nitrogens with zero attached hydrogens (tertiary/aromatic N) is 1. The Kier molecular flexibility index (Phi) is 8.19. The number of carbonyl (C=O) groups is 2. The number of fused-ring (bicyclic) bond motifs is 1. The van der Waals surface area contributed by atoms with Gasteiger partial charge >= 0.3 is 5.97 Å². The third-order valence-corrected chi connectivity index (χ3v) is 6.80. The summed E-state index contributed by atoms with van der Waals surface area (Å²) in [6.45, 7) is 5.96. The van der Waals surface area contributed by atoms with Crippen LogP contribution in [0.2, 0.25) is 0 Å². The minimum atomic E-state index is -0.544. The predicted octanol–water partition coefficient (Wildman–Crippen LogP) is 3.73. The van der Waals surface area contributed by atoms with E-state index in [-0.39, 0.29) is 18.5 Å². The van der Waals surface area contributed by atoms with Crippen molar-refractivity contribution in [2.75, 3.05) is 26.2 Å². The molecule has 0 saturated carbocycles. The van der Waals surface area contributed by atoms with Crippen molar-refractivity contribution in [2.24, 2.45) is 5.92 Å². The molecule has 0 radical (unpaired) electrons. The molecule has 0 aromatic heterocycles. The molecular weight excluding hydrogens is 432 g/mol. The first-order chi connectivity index (χ1) is 16.5. The van der Waals surface area contributed by atoms with Gasteiger partial charge < -0.3 is 9.47 Å². The molecule has 7 nitrogen and oxygen atoms in total. The molecule has 2 atom stereocenters. The molecule has 1 fully saturated rings. The van der Waals surface area contributed by atoms with E-state index in [0.29, 0.717) is 31.4 Å². The quantitative estimate of drug-likeness (QED) is 0.310. The van der Waals surface area contributed by atoms with Gasteiger partial charge in [-0.1, -0.05) is 29.9 Å². The van der Waals surface area contributed by atoms with Gasteiger partial charge in [-0.25, -0.2) is 10.3 Å². The maximum absolute atomic E-state index is 12.5. The van der Waals surface area contributed by atoms with E-state index in [1.54, 1.807) is 5.48 Å². The zero-order chi connectivity index (χ0) is 23.9. The fourth-order valence-electron chi connectivity index (χ4n) is 4.78. The molecule has 2 unspecified atom stereocenters. The van der Waals surface area contributed by atoms with E-state index in [0.717, 1.165) is 42.1 Å². The molecule has 2 aliphatic heterocycles. The van der Waals surface area contributed by atoms with Gasteiger partial charge in [0.15, 0.2) is 0 Å². The van der Waals surface area contributed by atoms with Crippen molar-refractivity contribution in [3.05, 3.63) is 64.8 Å². The summed E-state index contributed by atoms with van der Waals surface area (Å²) in [5.74, 6) is -0.590. The number of hydrogen-bond donors (Lipinski definition) is 2. The van der Waals surface area contributed by atoms with Gasteiger partial charge in [-0.2, -0.15) is 0 Å². The van der Waals surface area contributed by atoms with Crippen LogP contribution in [-0.4, -0.2) is 54.3 Å². The number of hydroxylamine groups is 1. The van der Waals surface area contributed by atoms with Crippen LogP contribution in [0.1, 0.15) is 44.6 Å². The van der Waals surface area contributed by atoms with E-state index < -0.39 is 11.8 Å². The lowest BCUT2D eigenvalue weighted by Crippen LogP contribution is -2.32. The van der Waals surface area contributed by atoms with Gasteiger partial charge in [0, 0.05) is 24.5 Å². The van der Waals surface area contributed by atoms with E-state index in [9.17, 15) is 14.8 Å². The molecule has 2 heterocycles. The molecule has 1 aromatic rings. The molecule has 1 aliphatic carbocycles. The second-order valence-electron chi connectivity index (χ2n) is 9.35. The highest BCUT2D eigenvalue weighted by molar-refractivity contribution is 5.92. The average Bonchev–Trinajstić information content (AvgIpc) is 3.36. The van der Waals surface area contributed by atoms with Crippen LogP contribution < -0.4 is 10.2 Å². The second kappa shape index (κ2) is 11.5. The van der Waals surface area contributed by atoms with E-state index in [2.05, 4.69) is 4.90 Å². The fraction of sp³-hybridized carbons (Fsp3) is 0.481. The van der Waals surface area contributed by atoms with Crippen molar-refractivity contribution in [3.63, 3.8) is 0 Å². The van der Waals surface area contributed by atoms with Gasteiger partial charge in [0.25, 0.3) is 0 Å². The normalized spacial score (nSPS) is 21.1. The first-order valence-corrected chi connectivity index (χ1v) is 12.2. The fourth-order valence-corrected chi connectivity index (χ4v) is 4.78. The minimum absolute atomic E-state index is 0.218. The van der Waals surface area contributed by atoms with Gasteiger partial charge in [0.1, 0.15) is 18.5 Å². The summed E-state index contributed by atoms with van der Waals surface area (Å²) >= 11 is 0. The Labute approximate surface area is 201 Å². The van der Waals surface area contributed by atoms with Crippen LogP contribution in [0.25, 0.3) is 0 Å². The summed E-state index contributed by atoms with van der Waals surface area (Å²) in [6, 6.07) is 7.90. The van der Waals surface area contributed by atoms with E-state index in [1.165, 1.54) is 12.8 Å². The van der Waals surface area contributed by atoms with E-state index >= 15 is 0 Å². The highest BCUT2D eigenvalue weighted by atomic mass is 16.5. The minimum Gasteiger partial charge on any atom is -0.492 e. The van der Waals surface area contributed by atoms with Crippen LogP contribution in [0, 0.1) is 5.92 Å². The lowest BCUT2D eigenvalue weighted by Gasteiger charge is -2.28. The van der Waals surface area contributed by atoms with Crippen molar-refractivity contribution in [3.8, 4) is 5.75 Å². The molecule has 1 saturated heterocycles. The number of allylic oxidation sites excluding steroid dienone is 2. The average molecular weight is 467 g/mol. The number of ether oxygens (including phenoxy) is 2. The zero-order valence-corrected chi connectivity index (χ0v) is 19.8. The van der Waals surface area contributed by atoms with E-state index in [4.69, 9.17) is 9.47 Å². The Morgan fingerprint density at radius 3 is 2.74 bits per heavy atom. The Morgan fingerprint density at radius 2 is 2.00 bits per heavy atom. The molecule has 0 bridgehead atoms. The van der Waals surface area contributed by atoms with Crippen LogP contribution >= 0.6 is 0 Å². The lowest BCUT2D eigenvalue weighted by molar-refractivity contribution is -0.143. The molecule has 1 amide bonds. The standard InChI is InChI=1S/C27H34N2O5/c1-19-4-11-25-22(16-19)18-23(27(31)34-25)17-21(26(30)28-32)8-5-20-6-9-24(10-7-20)33-15-14-29-12-2-3-13-29/h4,6-7,9-10,16,18,21,25,32H,2-3,5,8,11-15,17H2,1H3,(H,28,30). The number of benzene rings is 1. The smallest absolute Gasteiger partial charge is 0.334 e. The summed E-state index contributed by atoms with van der Waals surface area (Å²) in [4.78, 5) is 27.3. The molecule has 34 heavy (non-hydrogen) atoms. The lowest BCUT2D eigenvalue weighted by atomic mass is 9.88. The number of nitrogens with one attached hydrogen (secondary N) is 1. The van der Waals surface area contributed by atoms with Crippen molar-refractivity contribution in [1.29, 1.82) is 0 Å². The summed E-state index contributed by atoms with van der Waals surface area (Å²) in [5, 5.41) is 9.24. The number of amides is 1. The summed E-state index contributed by atoms with van der Waals surface area (Å²) in [6.07, 6.45) is 10.2. The maximum atomic E-state index is 12.5. The number of esters is 1. The van der Waals surface area contributed by atoms with Crippen molar-refractivity contribution in [1.82, 2.24) is 10.4 Å². The monoisotopic (exact) mass is 466 g/mol. The largest absolute Gasteiger partial charge is 0.492 e. The van der Waals surface area contributed by atoms with Gasteiger partial charge in [-0.15, -0.1) is 0 Å². The van der Waals surface area contributed by atoms with Crippen LogP contribution in [0.15, 0.2) is 59.2 Å². The highest BCUT2D eigenvalue weighted by Gasteiger charge is 2.31. The first kappa shape index (κ1) is 24.2. The number of rotatable bonds is 10. The zero-order valence-electron chi connectivity index (χ0n) is 19.8. The maximum Gasteiger partial charge on any atom is 0.334 e. The third kappa shape index (κ3) is 6.36. The second-order valence-corrected chi connectivity index (χ2v) is 9.35. The Hall–Kier alpha value is -2.90. The molecule has 7 heteroatoms. The van der Waals surface area contributed by atoms with Gasteiger partial charge in [-0.05, 0) is 81.5 Å². The van der Waals surface area contributed by atoms with E-state index in [1.807, 2.05) is 49.4 Å². The molecule has 182 valence electrons. The number of likely N-dealkylation sites (tertiary alicyclic amines) is 1. The number of carbonyl (C=O) groups excluding carboxylic acids is 2. The molecule has 3 aliphatic rings. The Balaban J connectivity index is 1.32. The van der Waals surface area contributed by atoms with Gasteiger partial charge in [0.2, 0.25) is 5.91 Å². The third-order valence-electron chi connectivity index (χ3n) is 6.80. The van der Waals surface area contributed by atoms with Crippen molar-refractivity contribution >= 4 is 11.9 Å². The van der Waals surface area contributed by atoms with Gasteiger partial charge in [-0.3, -0.25) is 14.9 Å². The summed E-state index contributed by atoms with van der Waals surface area (Å²) in [5.41, 5.74) is 5.38. The summed E-state index contributed by atoms with van der Waals surface area (Å²) in [7, 11) is 0. The molecule has 2 N–H and O–H groups in total. The topological polar surface area (TPSA) is 88.1 Å². The first-order valence-electron chi connectivity index (χ1n) is 12.2.